The van der Waals surface area contributed by atoms with Crippen LogP contribution in [-0.4, -0.2) is 71.8 Å². The highest BCUT2D eigenvalue weighted by molar-refractivity contribution is 5.92. The van der Waals surface area contributed by atoms with E-state index in [9.17, 15) is 14.7 Å². The number of esters is 1. The van der Waals surface area contributed by atoms with Crippen LogP contribution in [0.2, 0.25) is 0 Å². The van der Waals surface area contributed by atoms with Gasteiger partial charge < -0.3 is 19.3 Å². The van der Waals surface area contributed by atoms with Crippen molar-refractivity contribution >= 4 is 33.5 Å². The number of ether oxygens (including phenoxy) is 3. The van der Waals surface area contributed by atoms with Crippen molar-refractivity contribution in [3.8, 4) is 11.5 Å². The van der Waals surface area contributed by atoms with Gasteiger partial charge in [-0.05, 0) is 167 Å². The van der Waals surface area contributed by atoms with Crippen LogP contribution >= 0.6 is 0 Å². The van der Waals surface area contributed by atoms with Gasteiger partial charge >= 0.3 is 11.9 Å². The Hall–Kier alpha value is -4.14. The lowest BCUT2D eigenvalue weighted by Gasteiger charge is -2.37. The molecule has 4 fully saturated rings. The fraction of sp³-hybridized carbons (Fsp3) is 0.607. The van der Waals surface area contributed by atoms with Gasteiger partial charge in [0.05, 0.1) is 30.7 Å². The van der Waals surface area contributed by atoms with Gasteiger partial charge in [-0.25, -0.2) is 0 Å². The molecule has 0 aromatic heterocycles. The summed E-state index contributed by atoms with van der Waals surface area (Å²) in [5.41, 5.74) is 3.42. The summed E-state index contributed by atoms with van der Waals surface area (Å²) in [6.07, 6.45) is 13.4. The Bertz CT molecular complexity index is 2140. The van der Waals surface area contributed by atoms with Gasteiger partial charge in [-0.3, -0.25) is 19.4 Å². The van der Waals surface area contributed by atoms with Gasteiger partial charge in [0.2, 0.25) is 0 Å². The van der Waals surface area contributed by atoms with Crippen LogP contribution in [0.15, 0.2) is 72.8 Å². The van der Waals surface area contributed by atoms with Gasteiger partial charge in [0.15, 0.2) is 0 Å². The molecule has 2 heterocycles. The molecule has 64 heavy (non-hydrogen) atoms. The fourth-order valence-corrected chi connectivity index (χ4v) is 11.0. The van der Waals surface area contributed by atoms with Crippen LogP contribution in [0.1, 0.15) is 137 Å². The van der Waals surface area contributed by atoms with E-state index in [-0.39, 0.29) is 17.8 Å². The number of aliphatic carboxylic acids is 1. The molecule has 2 aliphatic heterocycles. The molecule has 2 aliphatic carbocycles. The maximum absolute atomic E-state index is 12.1. The van der Waals surface area contributed by atoms with E-state index >= 15 is 0 Å². The number of carbonyl (C=O) groups excluding carboxylic acids is 1. The van der Waals surface area contributed by atoms with Crippen molar-refractivity contribution < 1.29 is 28.9 Å². The van der Waals surface area contributed by atoms with E-state index in [1.807, 2.05) is 6.92 Å². The van der Waals surface area contributed by atoms with Crippen molar-refractivity contribution in [1.82, 2.24) is 9.80 Å². The summed E-state index contributed by atoms with van der Waals surface area (Å²) >= 11 is 0. The number of likely N-dealkylation sites (tertiary alicyclic amines) is 2. The Morgan fingerprint density at radius 1 is 0.531 bits per heavy atom. The van der Waals surface area contributed by atoms with E-state index in [0.717, 1.165) is 114 Å². The maximum Gasteiger partial charge on any atom is 0.309 e. The fourth-order valence-electron chi connectivity index (χ4n) is 11.0. The minimum absolute atomic E-state index is 0.0272. The van der Waals surface area contributed by atoms with Gasteiger partial charge in [-0.2, -0.15) is 0 Å². The highest BCUT2D eigenvalue weighted by Crippen LogP contribution is 2.41. The number of carboxylic acid groups (broad SMARTS) is 1. The zero-order valence-corrected chi connectivity index (χ0v) is 40.2. The van der Waals surface area contributed by atoms with E-state index in [2.05, 4.69) is 124 Å². The van der Waals surface area contributed by atoms with Crippen molar-refractivity contribution in [1.29, 1.82) is 0 Å². The Morgan fingerprint density at radius 2 is 0.906 bits per heavy atom. The average Bonchev–Trinajstić information content (AvgIpc) is 3.27. The predicted molar refractivity (Wildman–Crippen MR) is 260 cm³/mol. The number of benzene rings is 4. The molecule has 0 radical (unpaired) electrons. The Labute approximate surface area is 384 Å². The topological polar surface area (TPSA) is 88.5 Å². The second kappa shape index (κ2) is 21.4. The highest BCUT2D eigenvalue weighted by Gasteiger charge is 2.33. The third kappa shape index (κ3) is 12.4. The van der Waals surface area contributed by atoms with Gasteiger partial charge in [0, 0.05) is 23.9 Å². The highest BCUT2D eigenvalue weighted by atomic mass is 16.5. The zero-order chi connectivity index (χ0) is 45.4. The van der Waals surface area contributed by atoms with E-state index in [1.165, 1.54) is 58.4 Å². The van der Waals surface area contributed by atoms with E-state index in [0.29, 0.717) is 29.6 Å². The van der Waals surface area contributed by atoms with Crippen LogP contribution in [-0.2, 0) is 27.4 Å². The van der Waals surface area contributed by atoms with Gasteiger partial charge in [0.25, 0.3) is 0 Å². The van der Waals surface area contributed by atoms with Crippen LogP contribution in [0.3, 0.4) is 0 Å². The molecular weight excluding hydrogens is 797 g/mol. The minimum Gasteiger partial charge on any atom is -0.490 e. The molecule has 8 heteroatoms. The maximum atomic E-state index is 12.1. The summed E-state index contributed by atoms with van der Waals surface area (Å²) < 4.78 is 18.3. The predicted octanol–water partition coefficient (Wildman–Crippen LogP) is 12.7. The van der Waals surface area contributed by atoms with Crippen molar-refractivity contribution in [3.05, 3.63) is 83.9 Å². The first-order valence-corrected chi connectivity index (χ1v) is 24.8. The molecule has 8 nitrogen and oxygen atoms in total. The monoisotopic (exact) mass is 875 g/mol. The van der Waals surface area contributed by atoms with Gasteiger partial charge in [0.1, 0.15) is 11.5 Å². The third-order valence-corrected chi connectivity index (χ3v) is 15.3. The molecule has 0 bridgehead atoms. The number of rotatable bonds is 11. The largest absolute Gasteiger partial charge is 0.490 e. The Balaban J connectivity index is 0.000000192. The number of carboxylic acids is 1. The van der Waals surface area contributed by atoms with E-state index < -0.39 is 5.97 Å². The van der Waals surface area contributed by atoms with E-state index in [1.54, 1.807) is 0 Å². The summed E-state index contributed by atoms with van der Waals surface area (Å²) in [5.74, 6) is 2.81. The molecule has 4 aromatic carbocycles. The lowest BCUT2D eigenvalue weighted by atomic mass is 9.72. The molecule has 2 saturated carbocycles. The average molecular weight is 875 g/mol. The van der Waals surface area contributed by atoms with Crippen molar-refractivity contribution in [2.45, 2.75) is 151 Å². The van der Waals surface area contributed by atoms with Crippen LogP contribution in [0.25, 0.3) is 21.5 Å². The van der Waals surface area contributed by atoms with Crippen molar-refractivity contribution in [2.24, 2.45) is 34.5 Å². The lowest BCUT2D eigenvalue weighted by molar-refractivity contribution is -0.149. The zero-order valence-electron chi connectivity index (χ0n) is 40.2. The standard InChI is InChI=1S/C29H41NO3.C27H37NO3/c1-5-32-28(31)21-16-18-30(19-17-21)20-22-8-6-10-26-25(22)9-7-11-27(26)33-24-14-12-23(13-15-24)29(2,3)4;1-27(2,3)21-10-12-22(13-11-21)31-25-9-5-7-23-20(6-4-8-24(23)25)18-28-16-14-19(15-17-28)26(29)30/h6-11,21,23-24H,5,12-20H2,1-4H3;4-9,19,21-22H,10-18H2,1-3H3,(H,29,30). The molecule has 4 aromatic rings. The molecular formula is C56H78N2O6. The first-order valence-electron chi connectivity index (χ1n) is 24.8. The second-order valence-corrected chi connectivity index (χ2v) is 21.6. The summed E-state index contributed by atoms with van der Waals surface area (Å²) in [4.78, 5) is 28.1. The summed E-state index contributed by atoms with van der Waals surface area (Å²) in [6.45, 7) is 21.9. The molecule has 4 aliphatic rings. The summed E-state index contributed by atoms with van der Waals surface area (Å²) in [6, 6.07) is 26.0. The molecule has 2 saturated heterocycles. The van der Waals surface area contributed by atoms with E-state index in [4.69, 9.17) is 14.2 Å². The quantitative estimate of drug-likeness (QED) is 0.149. The van der Waals surface area contributed by atoms with Crippen LogP contribution in [0, 0.1) is 34.5 Å². The molecule has 0 atom stereocenters. The first-order chi connectivity index (χ1) is 30.7. The van der Waals surface area contributed by atoms with Gasteiger partial charge in [-0.1, -0.05) is 102 Å². The Morgan fingerprint density at radius 3 is 1.28 bits per heavy atom. The lowest BCUT2D eigenvalue weighted by Crippen LogP contribution is -2.36. The molecule has 8 rings (SSSR count). The van der Waals surface area contributed by atoms with Crippen molar-refractivity contribution in [3.63, 3.8) is 0 Å². The molecule has 0 amide bonds. The smallest absolute Gasteiger partial charge is 0.309 e. The second-order valence-electron chi connectivity index (χ2n) is 21.6. The normalized spacial score (nSPS) is 23.3. The number of piperidine rings is 2. The first kappa shape index (κ1) is 47.8. The SMILES string of the molecule is CC(C)(C)C1CCC(Oc2cccc3c(CN4CCC(C(=O)O)CC4)cccc23)CC1.CCOC(=O)C1CCN(Cc2cccc3c(OC4CCC(C(C)(C)C)CC4)cccc23)CC1. The number of hydrogen-bond acceptors (Lipinski definition) is 7. The molecule has 348 valence electrons. The molecule has 0 unspecified atom stereocenters. The molecule has 0 spiro atoms. The van der Waals surface area contributed by atoms with Crippen LogP contribution < -0.4 is 9.47 Å². The van der Waals surface area contributed by atoms with Gasteiger partial charge in [-0.15, -0.1) is 0 Å². The number of fused-ring (bicyclic) bond motifs is 2. The molecule has 1 N–H and O–H groups in total. The van der Waals surface area contributed by atoms with Crippen LogP contribution in [0.5, 0.6) is 11.5 Å². The Kier molecular flexibility index (Phi) is 16.0. The van der Waals surface area contributed by atoms with Crippen molar-refractivity contribution in [2.75, 3.05) is 32.8 Å². The number of hydrogen-bond donors (Lipinski definition) is 1. The summed E-state index contributed by atoms with van der Waals surface area (Å²) in [5, 5.41) is 14.2. The minimum atomic E-state index is -0.650. The number of carbonyl (C=O) groups is 2. The summed E-state index contributed by atoms with van der Waals surface area (Å²) in [7, 11) is 0. The number of nitrogens with zero attached hydrogens (tertiary/aromatic N) is 2. The third-order valence-electron chi connectivity index (χ3n) is 15.3. The van der Waals surface area contributed by atoms with Crippen LogP contribution in [0.4, 0.5) is 0 Å².